The van der Waals surface area contributed by atoms with Gasteiger partial charge in [0, 0.05) is 11.9 Å². The largest absolute Gasteiger partial charge is 0.361 e. The van der Waals surface area contributed by atoms with Gasteiger partial charge in [0.25, 0.3) is 0 Å². The second-order valence-corrected chi connectivity index (χ2v) is 4.91. The molecule has 0 saturated carbocycles. The summed E-state index contributed by atoms with van der Waals surface area (Å²) < 4.78 is 0. The van der Waals surface area contributed by atoms with Crippen molar-refractivity contribution >= 4 is 16.5 Å². The van der Waals surface area contributed by atoms with Crippen molar-refractivity contribution in [1.29, 1.82) is 0 Å². The number of nitrogens with one attached hydrogen (secondary N) is 1. The van der Waals surface area contributed by atoms with Gasteiger partial charge in [-0.1, -0.05) is 43.7 Å². The molecule has 0 saturated heterocycles. The van der Waals surface area contributed by atoms with Crippen molar-refractivity contribution in [3.63, 3.8) is 0 Å². The second-order valence-electron chi connectivity index (χ2n) is 4.06. The predicted octanol–water partition coefficient (Wildman–Crippen LogP) is 3.75. The summed E-state index contributed by atoms with van der Waals surface area (Å²) >= 11 is 1.70. The average molecular weight is 246 g/mol. The molecule has 90 valence electrons. The summed E-state index contributed by atoms with van der Waals surface area (Å²) in [5, 5.41) is 6.57. The molecule has 0 radical (unpaired) electrons. The van der Waals surface area contributed by atoms with Crippen LogP contribution in [-0.2, 0) is 12.8 Å². The molecule has 0 aliphatic rings. The van der Waals surface area contributed by atoms with Crippen molar-refractivity contribution in [3.8, 4) is 0 Å². The first kappa shape index (κ1) is 12.1. The van der Waals surface area contributed by atoms with Crippen LogP contribution in [0.15, 0.2) is 35.7 Å². The van der Waals surface area contributed by atoms with Gasteiger partial charge in [0.15, 0.2) is 5.13 Å². The first-order valence-corrected chi connectivity index (χ1v) is 6.98. The third kappa shape index (κ3) is 3.86. The quantitative estimate of drug-likeness (QED) is 0.839. The van der Waals surface area contributed by atoms with Crippen LogP contribution in [0.2, 0.25) is 0 Å². The highest BCUT2D eigenvalue weighted by Gasteiger charge is 2.00. The topological polar surface area (TPSA) is 24.9 Å². The molecule has 17 heavy (non-hydrogen) atoms. The zero-order valence-electron chi connectivity index (χ0n) is 10.1. The maximum absolute atomic E-state index is 4.54. The minimum atomic E-state index is 0.948. The van der Waals surface area contributed by atoms with Crippen molar-refractivity contribution in [3.05, 3.63) is 47.0 Å². The molecule has 0 amide bonds. The number of aryl methyl sites for hydroxylation is 1. The van der Waals surface area contributed by atoms with E-state index in [-0.39, 0.29) is 0 Å². The zero-order chi connectivity index (χ0) is 11.9. The molecule has 1 aromatic carbocycles. The summed E-state index contributed by atoms with van der Waals surface area (Å²) in [6, 6.07) is 10.5. The van der Waals surface area contributed by atoms with Crippen molar-refractivity contribution in [2.45, 2.75) is 26.2 Å². The molecule has 1 heterocycles. The highest BCUT2D eigenvalue weighted by Crippen LogP contribution is 2.16. The molecule has 2 rings (SSSR count). The van der Waals surface area contributed by atoms with E-state index in [2.05, 4.69) is 52.9 Å². The van der Waals surface area contributed by atoms with E-state index in [0.29, 0.717) is 0 Å². The van der Waals surface area contributed by atoms with Crippen molar-refractivity contribution in [1.82, 2.24) is 4.98 Å². The Morgan fingerprint density at radius 1 is 1.18 bits per heavy atom. The van der Waals surface area contributed by atoms with Gasteiger partial charge in [-0.2, -0.15) is 0 Å². The molecular weight excluding hydrogens is 228 g/mol. The van der Waals surface area contributed by atoms with E-state index in [1.807, 2.05) is 0 Å². The molecule has 1 N–H and O–H groups in total. The third-order valence-electron chi connectivity index (χ3n) is 2.59. The standard InChI is InChI=1S/C14H18N2S/c1-2-6-13-11-17-14(16-13)15-10-9-12-7-4-3-5-8-12/h3-5,7-8,11H,2,6,9-10H2,1H3,(H,15,16). The number of thiazole rings is 1. The maximum Gasteiger partial charge on any atom is 0.182 e. The Kier molecular flexibility index (Phi) is 4.56. The van der Waals surface area contributed by atoms with E-state index in [9.17, 15) is 0 Å². The molecule has 0 unspecified atom stereocenters. The fourth-order valence-corrected chi connectivity index (χ4v) is 2.49. The summed E-state index contributed by atoms with van der Waals surface area (Å²) in [7, 11) is 0. The molecule has 0 fully saturated rings. The number of aromatic nitrogens is 1. The average Bonchev–Trinajstić information content (AvgIpc) is 2.79. The predicted molar refractivity (Wildman–Crippen MR) is 74.7 cm³/mol. The van der Waals surface area contributed by atoms with Crippen LogP contribution in [0.5, 0.6) is 0 Å². The smallest absolute Gasteiger partial charge is 0.182 e. The van der Waals surface area contributed by atoms with Crippen molar-refractivity contribution < 1.29 is 0 Å². The number of hydrogen-bond acceptors (Lipinski definition) is 3. The second kappa shape index (κ2) is 6.40. The lowest BCUT2D eigenvalue weighted by atomic mass is 10.1. The molecule has 0 spiro atoms. The van der Waals surface area contributed by atoms with Gasteiger partial charge in [-0.3, -0.25) is 0 Å². The SMILES string of the molecule is CCCc1csc(NCCc2ccccc2)n1. The zero-order valence-corrected chi connectivity index (χ0v) is 11.0. The number of nitrogens with zero attached hydrogens (tertiary/aromatic N) is 1. The van der Waals surface area contributed by atoms with Gasteiger partial charge in [-0.25, -0.2) is 4.98 Å². The van der Waals surface area contributed by atoms with Gasteiger partial charge >= 0.3 is 0 Å². The normalized spacial score (nSPS) is 10.4. The Labute approximate surface area is 107 Å². The first-order chi connectivity index (χ1) is 8.38. The van der Waals surface area contributed by atoms with Crippen LogP contribution in [0.25, 0.3) is 0 Å². The summed E-state index contributed by atoms with van der Waals surface area (Å²) in [4.78, 5) is 4.54. The number of rotatable bonds is 6. The fourth-order valence-electron chi connectivity index (χ4n) is 1.72. The van der Waals surface area contributed by atoms with Crippen LogP contribution < -0.4 is 5.32 Å². The van der Waals surface area contributed by atoms with Crippen molar-refractivity contribution in [2.24, 2.45) is 0 Å². The number of benzene rings is 1. The Balaban J connectivity index is 1.78. The highest BCUT2D eigenvalue weighted by atomic mass is 32.1. The molecule has 2 nitrogen and oxygen atoms in total. The van der Waals surface area contributed by atoms with E-state index in [1.54, 1.807) is 11.3 Å². The van der Waals surface area contributed by atoms with Crippen LogP contribution in [0.3, 0.4) is 0 Å². The lowest BCUT2D eigenvalue weighted by molar-refractivity contribution is 0.891. The molecule has 0 atom stereocenters. The van der Waals surface area contributed by atoms with Crippen molar-refractivity contribution in [2.75, 3.05) is 11.9 Å². The van der Waals surface area contributed by atoms with E-state index in [0.717, 1.165) is 30.9 Å². The minimum absolute atomic E-state index is 0.948. The van der Waals surface area contributed by atoms with Crippen LogP contribution in [0.4, 0.5) is 5.13 Å². The molecule has 1 aromatic heterocycles. The lowest BCUT2D eigenvalue weighted by Crippen LogP contribution is -2.04. The molecule has 0 aliphatic heterocycles. The molecule has 0 bridgehead atoms. The van der Waals surface area contributed by atoms with Crippen LogP contribution in [0.1, 0.15) is 24.6 Å². The van der Waals surface area contributed by atoms with Crippen LogP contribution >= 0.6 is 11.3 Å². The van der Waals surface area contributed by atoms with E-state index in [1.165, 1.54) is 11.3 Å². The highest BCUT2D eigenvalue weighted by molar-refractivity contribution is 7.13. The molecule has 3 heteroatoms. The molecule has 2 aromatic rings. The Hall–Kier alpha value is -1.35. The van der Waals surface area contributed by atoms with E-state index >= 15 is 0 Å². The van der Waals surface area contributed by atoms with Gasteiger partial charge in [0.05, 0.1) is 5.69 Å². The first-order valence-electron chi connectivity index (χ1n) is 6.10. The monoisotopic (exact) mass is 246 g/mol. The number of anilines is 1. The number of hydrogen-bond donors (Lipinski definition) is 1. The van der Waals surface area contributed by atoms with Gasteiger partial charge < -0.3 is 5.32 Å². The fraction of sp³-hybridized carbons (Fsp3) is 0.357. The summed E-state index contributed by atoms with van der Waals surface area (Å²) in [6.45, 7) is 3.13. The van der Waals surface area contributed by atoms with E-state index in [4.69, 9.17) is 0 Å². The van der Waals surface area contributed by atoms with Gasteiger partial charge in [0.1, 0.15) is 0 Å². The van der Waals surface area contributed by atoms with Crippen LogP contribution in [-0.4, -0.2) is 11.5 Å². The Bertz CT molecular complexity index is 436. The Morgan fingerprint density at radius 2 is 2.00 bits per heavy atom. The summed E-state index contributed by atoms with van der Waals surface area (Å²) in [5.74, 6) is 0. The third-order valence-corrected chi connectivity index (χ3v) is 3.44. The maximum atomic E-state index is 4.54. The lowest BCUT2D eigenvalue weighted by Gasteiger charge is -2.02. The van der Waals surface area contributed by atoms with Gasteiger partial charge in [0.2, 0.25) is 0 Å². The Morgan fingerprint density at radius 3 is 2.76 bits per heavy atom. The molecule has 0 aliphatic carbocycles. The van der Waals surface area contributed by atoms with Gasteiger partial charge in [-0.15, -0.1) is 11.3 Å². The minimum Gasteiger partial charge on any atom is -0.361 e. The summed E-state index contributed by atoms with van der Waals surface area (Å²) in [6.07, 6.45) is 3.29. The molecular formula is C14H18N2S. The van der Waals surface area contributed by atoms with Crippen LogP contribution in [0, 0.1) is 0 Å². The van der Waals surface area contributed by atoms with E-state index < -0.39 is 0 Å². The summed E-state index contributed by atoms with van der Waals surface area (Å²) in [5.41, 5.74) is 2.57. The van der Waals surface area contributed by atoms with Gasteiger partial charge in [-0.05, 0) is 18.4 Å².